The number of phenolic OH excluding ortho intramolecular Hbond substituents is 1. The van der Waals surface area contributed by atoms with Crippen LogP contribution in [0.1, 0.15) is 36.9 Å². The number of halogens is 1. The first-order valence-corrected chi connectivity index (χ1v) is 8.98. The largest absolute Gasteiger partial charge is 0.508 e. The first-order chi connectivity index (χ1) is 11.5. The van der Waals surface area contributed by atoms with Gasteiger partial charge in [0.1, 0.15) is 5.75 Å². The molecule has 0 saturated carbocycles. The number of amides is 1. The Hall–Kier alpha value is -1.69. The summed E-state index contributed by atoms with van der Waals surface area (Å²) < 4.78 is 0. The summed E-state index contributed by atoms with van der Waals surface area (Å²) in [6, 6.07) is 14.8. The van der Waals surface area contributed by atoms with Crippen molar-refractivity contribution in [3.63, 3.8) is 0 Å². The molecule has 0 heterocycles. The van der Waals surface area contributed by atoms with Gasteiger partial charge in [-0.1, -0.05) is 38.1 Å². The predicted molar refractivity (Wildman–Crippen MR) is 107 cm³/mol. The minimum absolute atomic E-state index is 0. The normalized spacial score (nSPS) is 11.7. The van der Waals surface area contributed by atoms with Crippen molar-refractivity contribution in [1.82, 2.24) is 5.32 Å². The zero-order valence-electron chi connectivity index (χ0n) is 14.4. The topological polar surface area (TPSA) is 75.3 Å². The Morgan fingerprint density at radius 1 is 1.08 bits per heavy atom. The Balaban J connectivity index is 0.00000312. The maximum Gasteiger partial charge on any atom is 0.230 e. The van der Waals surface area contributed by atoms with Gasteiger partial charge in [-0.2, -0.15) is 0 Å². The predicted octanol–water partition coefficient (Wildman–Crippen LogP) is 3.85. The van der Waals surface area contributed by atoms with E-state index in [9.17, 15) is 9.90 Å². The summed E-state index contributed by atoms with van der Waals surface area (Å²) in [4.78, 5) is 12.9. The number of benzene rings is 2. The fourth-order valence-electron chi connectivity index (χ4n) is 2.21. The van der Waals surface area contributed by atoms with Crippen LogP contribution in [-0.2, 0) is 4.79 Å². The van der Waals surface area contributed by atoms with Gasteiger partial charge in [0, 0.05) is 17.5 Å². The Morgan fingerprint density at radius 3 is 2.20 bits per heavy atom. The van der Waals surface area contributed by atoms with E-state index < -0.39 is 0 Å². The van der Waals surface area contributed by atoms with Gasteiger partial charge in [0.15, 0.2) is 0 Å². The Bertz CT molecular complexity index is 660. The van der Waals surface area contributed by atoms with Crippen LogP contribution in [0.5, 0.6) is 5.75 Å². The summed E-state index contributed by atoms with van der Waals surface area (Å²) in [5, 5.41) is 12.1. The van der Waals surface area contributed by atoms with Crippen molar-refractivity contribution in [3.05, 3.63) is 59.7 Å². The SMILES string of the molecule is CC(C)c1ccc(C(N)CNC(=O)CSc2ccc(O)cc2)cc1.Cl. The maximum atomic E-state index is 11.9. The minimum atomic E-state index is -0.214. The van der Waals surface area contributed by atoms with Crippen molar-refractivity contribution < 1.29 is 9.90 Å². The molecule has 2 rings (SSSR count). The van der Waals surface area contributed by atoms with Gasteiger partial charge >= 0.3 is 0 Å². The van der Waals surface area contributed by atoms with Crippen LogP contribution in [0, 0.1) is 0 Å². The van der Waals surface area contributed by atoms with Gasteiger partial charge in [-0.05, 0) is 41.3 Å². The number of nitrogens with two attached hydrogens (primary N) is 1. The number of carbonyl (C=O) groups excluding carboxylic acids is 1. The van der Waals surface area contributed by atoms with E-state index in [1.165, 1.54) is 17.3 Å². The molecular formula is C19H25ClN2O2S. The highest BCUT2D eigenvalue weighted by Gasteiger charge is 2.09. The number of carbonyl (C=O) groups is 1. The zero-order valence-corrected chi connectivity index (χ0v) is 16.1. The molecule has 6 heteroatoms. The van der Waals surface area contributed by atoms with Crippen molar-refractivity contribution in [3.8, 4) is 5.75 Å². The van der Waals surface area contributed by atoms with Crippen LogP contribution in [-0.4, -0.2) is 23.3 Å². The molecule has 1 unspecified atom stereocenters. The van der Waals surface area contributed by atoms with E-state index in [2.05, 4.69) is 31.3 Å². The average Bonchev–Trinajstić information content (AvgIpc) is 2.59. The van der Waals surface area contributed by atoms with Crippen molar-refractivity contribution >= 4 is 30.1 Å². The summed E-state index contributed by atoms with van der Waals surface area (Å²) in [6.07, 6.45) is 0. The molecule has 0 aliphatic heterocycles. The summed E-state index contributed by atoms with van der Waals surface area (Å²) in [7, 11) is 0. The number of rotatable bonds is 7. The van der Waals surface area contributed by atoms with Crippen LogP contribution in [0.4, 0.5) is 0 Å². The highest BCUT2D eigenvalue weighted by molar-refractivity contribution is 8.00. The Kier molecular flexibility index (Phi) is 8.83. The molecule has 1 amide bonds. The molecule has 4 nitrogen and oxygen atoms in total. The molecule has 0 saturated heterocycles. The van der Waals surface area contributed by atoms with Gasteiger partial charge in [-0.15, -0.1) is 24.2 Å². The smallest absolute Gasteiger partial charge is 0.230 e. The lowest BCUT2D eigenvalue weighted by Crippen LogP contribution is -2.33. The Labute approximate surface area is 159 Å². The molecule has 0 bridgehead atoms. The summed E-state index contributed by atoms with van der Waals surface area (Å²) in [5.41, 5.74) is 8.44. The van der Waals surface area contributed by atoms with Gasteiger partial charge in [0.05, 0.1) is 5.75 Å². The summed E-state index contributed by atoms with van der Waals surface area (Å²) in [6.45, 7) is 4.72. The van der Waals surface area contributed by atoms with Crippen molar-refractivity contribution in [2.45, 2.75) is 30.7 Å². The molecule has 0 aromatic heterocycles. The average molecular weight is 381 g/mol. The highest BCUT2D eigenvalue weighted by atomic mass is 35.5. The molecule has 0 radical (unpaired) electrons. The molecule has 0 aliphatic carbocycles. The summed E-state index contributed by atoms with van der Waals surface area (Å²) >= 11 is 1.43. The molecule has 0 aliphatic rings. The van der Waals surface area contributed by atoms with Crippen LogP contribution < -0.4 is 11.1 Å². The first-order valence-electron chi connectivity index (χ1n) is 7.99. The standard InChI is InChI=1S/C19H24N2O2S.ClH/c1-13(2)14-3-5-15(6-4-14)18(20)11-21-19(23)12-24-17-9-7-16(22)8-10-17;/h3-10,13,18,22H,11-12,20H2,1-2H3,(H,21,23);1H. The molecular weight excluding hydrogens is 356 g/mol. The van der Waals surface area contributed by atoms with E-state index in [0.717, 1.165) is 10.5 Å². The van der Waals surface area contributed by atoms with Gasteiger partial charge in [-0.25, -0.2) is 0 Å². The lowest BCUT2D eigenvalue weighted by Gasteiger charge is -2.14. The van der Waals surface area contributed by atoms with E-state index in [1.54, 1.807) is 24.3 Å². The third-order valence-electron chi connectivity index (χ3n) is 3.76. The monoisotopic (exact) mass is 380 g/mol. The van der Waals surface area contributed by atoms with E-state index >= 15 is 0 Å². The van der Waals surface area contributed by atoms with Crippen LogP contribution in [0.3, 0.4) is 0 Å². The fraction of sp³-hybridized carbons (Fsp3) is 0.316. The second kappa shape index (κ2) is 10.3. The number of hydrogen-bond donors (Lipinski definition) is 3. The number of phenols is 1. The highest BCUT2D eigenvalue weighted by Crippen LogP contribution is 2.20. The fourth-order valence-corrected chi connectivity index (χ4v) is 2.94. The molecule has 25 heavy (non-hydrogen) atoms. The van der Waals surface area contributed by atoms with Gasteiger partial charge in [0.2, 0.25) is 5.91 Å². The minimum Gasteiger partial charge on any atom is -0.508 e. The number of thioether (sulfide) groups is 1. The maximum absolute atomic E-state index is 11.9. The Morgan fingerprint density at radius 2 is 1.64 bits per heavy atom. The van der Waals surface area contributed by atoms with Crippen molar-refractivity contribution in [1.29, 1.82) is 0 Å². The molecule has 0 fully saturated rings. The van der Waals surface area contributed by atoms with E-state index in [4.69, 9.17) is 5.73 Å². The van der Waals surface area contributed by atoms with E-state index in [1.807, 2.05) is 12.1 Å². The van der Waals surface area contributed by atoms with Crippen LogP contribution in [0.2, 0.25) is 0 Å². The first kappa shape index (κ1) is 21.4. The van der Waals surface area contributed by atoms with Gasteiger partial charge in [-0.3, -0.25) is 4.79 Å². The van der Waals surface area contributed by atoms with Gasteiger partial charge in [0.25, 0.3) is 0 Å². The van der Waals surface area contributed by atoms with Crippen LogP contribution in [0.25, 0.3) is 0 Å². The molecule has 136 valence electrons. The lowest BCUT2D eigenvalue weighted by atomic mass is 9.99. The molecule has 2 aromatic rings. The third kappa shape index (κ3) is 6.98. The van der Waals surface area contributed by atoms with Crippen molar-refractivity contribution in [2.24, 2.45) is 5.73 Å². The second-order valence-electron chi connectivity index (χ2n) is 6.01. The van der Waals surface area contributed by atoms with Gasteiger partial charge < -0.3 is 16.2 Å². The molecule has 2 aromatic carbocycles. The zero-order chi connectivity index (χ0) is 17.5. The third-order valence-corrected chi connectivity index (χ3v) is 4.77. The lowest BCUT2D eigenvalue weighted by molar-refractivity contribution is -0.118. The van der Waals surface area contributed by atoms with Crippen molar-refractivity contribution in [2.75, 3.05) is 12.3 Å². The quantitative estimate of drug-likeness (QED) is 0.638. The summed E-state index contributed by atoms with van der Waals surface area (Å²) in [5.74, 6) is 0.983. The molecule has 4 N–H and O–H groups in total. The number of aromatic hydroxyl groups is 1. The number of nitrogens with one attached hydrogen (secondary N) is 1. The van der Waals surface area contributed by atoms with E-state index in [-0.39, 0.29) is 30.1 Å². The van der Waals surface area contributed by atoms with E-state index in [0.29, 0.717) is 18.2 Å². The molecule has 1 atom stereocenters. The molecule has 0 spiro atoms. The van der Waals surface area contributed by atoms with Crippen LogP contribution >= 0.6 is 24.2 Å². The van der Waals surface area contributed by atoms with Crippen LogP contribution in [0.15, 0.2) is 53.4 Å². The number of hydrogen-bond acceptors (Lipinski definition) is 4. The second-order valence-corrected chi connectivity index (χ2v) is 7.06.